The molecular formula is C8H11N3O4. The van der Waals surface area contributed by atoms with Crippen LogP contribution in [0.2, 0.25) is 0 Å². The standard InChI is InChI=1S/C8H11N3O4/c1-14-4-5-15-7-3-2-6(11(12)13)8(9)10-7/h2-3H,4-5H2,1H3,(H2,9,10). The summed E-state index contributed by atoms with van der Waals surface area (Å²) in [6.07, 6.45) is 0. The third kappa shape index (κ3) is 3.06. The number of methoxy groups -OCH3 is 1. The first-order chi connectivity index (χ1) is 7.15. The molecule has 0 amide bonds. The first-order valence-corrected chi connectivity index (χ1v) is 4.18. The second-order valence-corrected chi connectivity index (χ2v) is 2.65. The maximum absolute atomic E-state index is 10.4. The van der Waals surface area contributed by atoms with E-state index in [1.165, 1.54) is 12.1 Å². The van der Waals surface area contributed by atoms with Crippen molar-refractivity contribution in [3.8, 4) is 5.88 Å². The van der Waals surface area contributed by atoms with Crippen molar-refractivity contribution < 1.29 is 14.4 Å². The van der Waals surface area contributed by atoms with Crippen LogP contribution < -0.4 is 10.5 Å². The fourth-order valence-electron chi connectivity index (χ4n) is 0.913. The van der Waals surface area contributed by atoms with Crippen molar-refractivity contribution in [2.24, 2.45) is 0 Å². The van der Waals surface area contributed by atoms with Gasteiger partial charge in [-0.2, -0.15) is 4.98 Å². The monoisotopic (exact) mass is 213 g/mol. The zero-order valence-corrected chi connectivity index (χ0v) is 8.17. The van der Waals surface area contributed by atoms with Gasteiger partial charge in [0, 0.05) is 19.2 Å². The van der Waals surface area contributed by atoms with Crippen molar-refractivity contribution in [3.05, 3.63) is 22.2 Å². The van der Waals surface area contributed by atoms with Crippen LogP contribution in [0.3, 0.4) is 0 Å². The molecule has 0 saturated heterocycles. The number of ether oxygens (including phenoxy) is 2. The number of nitrogens with two attached hydrogens (primary N) is 1. The minimum atomic E-state index is -0.596. The third-order valence-corrected chi connectivity index (χ3v) is 1.61. The molecule has 1 aromatic rings. The summed E-state index contributed by atoms with van der Waals surface area (Å²) in [6.45, 7) is 0.735. The second kappa shape index (κ2) is 5.11. The van der Waals surface area contributed by atoms with E-state index in [4.69, 9.17) is 15.2 Å². The molecule has 0 spiro atoms. The Hall–Kier alpha value is -1.89. The molecule has 0 radical (unpaired) electrons. The van der Waals surface area contributed by atoms with E-state index in [-0.39, 0.29) is 17.4 Å². The maximum Gasteiger partial charge on any atom is 0.311 e. The van der Waals surface area contributed by atoms with Crippen LogP contribution in [0.4, 0.5) is 11.5 Å². The molecule has 15 heavy (non-hydrogen) atoms. The lowest BCUT2D eigenvalue weighted by Gasteiger charge is -2.04. The van der Waals surface area contributed by atoms with Crippen LogP contribution >= 0.6 is 0 Å². The molecule has 0 bridgehead atoms. The Labute approximate surface area is 86.0 Å². The van der Waals surface area contributed by atoms with Crippen molar-refractivity contribution in [2.75, 3.05) is 26.1 Å². The summed E-state index contributed by atoms with van der Waals surface area (Å²) in [5, 5.41) is 10.4. The lowest BCUT2D eigenvalue weighted by atomic mass is 10.4. The van der Waals surface area contributed by atoms with Crippen LogP contribution in [0.1, 0.15) is 0 Å². The van der Waals surface area contributed by atoms with Gasteiger partial charge in [0.25, 0.3) is 0 Å². The molecular weight excluding hydrogens is 202 g/mol. The van der Waals surface area contributed by atoms with E-state index in [1.807, 2.05) is 0 Å². The van der Waals surface area contributed by atoms with E-state index >= 15 is 0 Å². The number of nitro groups is 1. The topological polar surface area (TPSA) is 101 Å². The highest BCUT2D eigenvalue weighted by Gasteiger charge is 2.12. The lowest BCUT2D eigenvalue weighted by molar-refractivity contribution is -0.384. The molecule has 1 rings (SSSR count). The summed E-state index contributed by atoms with van der Waals surface area (Å²) in [7, 11) is 1.54. The summed E-state index contributed by atoms with van der Waals surface area (Å²) in [5.41, 5.74) is 5.13. The van der Waals surface area contributed by atoms with Crippen LogP contribution in [0.25, 0.3) is 0 Å². The van der Waals surface area contributed by atoms with Crippen LogP contribution in [0.15, 0.2) is 12.1 Å². The quantitative estimate of drug-likeness (QED) is 0.436. The molecule has 0 aromatic carbocycles. The molecule has 7 heteroatoms. The molecule has 82 valence electrons. The fourth-order valence-corrected chi connectivity index (χ4v) is 0.913. The molecule has 1 heterocycles. The zero-order chi connectivity index (χ0) is 11.3. The number of rotatable bonds is 5. The van der Waals surface area contributed by atoms with E-state index in [9.17, 15) is 10.1 Å². The number of anilines is 1. The molecule has 0 aliphatic carbocycles. The molecule has 0 unspecified atom stereocenters. The zero-order valence-electron chi connectivity index (χ0n) is 8.17. The molecule has 0 atom stereocenters. The van der Waals surface area contributed by atoms with Crippen molar-refractivity contribution in [2.45, 2.75) is 0 Å². The van der Waals surface area contributed by atoms with Gasteiger partial charge in [-0.25, -0.2) is 0 Å². The van der Waals surface area contributed by atoms with E-state index in [1.54, 1.807) is 7.11 Å². The van der Waals surface area contributed by atoms with Gasteiger partial charge in [0.15, 0.2) is 0 Å². The van der Waals surface area contributed by atoms with Crippen LogP contribution in [-0.2, 0) is 4.74 Å². The Kier molecular flexibility index (Phi) is 3.81. The first-order valence-electron chi connectivity index (χ1n) is 4.18. The third-order valence-electron chi connectivity index (χ3n) is 1.61. The van der Waals surface area contributed by atoms with Gasteiger partial charge in [0.1, 0.15) is 6.61 Å². The number of hydrogen-bond acceptors (Lipinski definition) is 6. The van der Waals surface area contributed by atoms with Crippen molar-refractivity contribution in [3.63, 3.8) is 0 Å². The molecule has 1 aromatic heterocycles. The number of aromatic nitrogens is 1. The summed E-state index contributed by atoms with van der Waals surface area (Å²) in [6, 6.07) is 2.65. The van der Waals surface area contributed by atoms with Crippen LogP contribution in [-0.4, -0.2) is 30.2 Å². The molecule has 0 fully saturated rings. The summed E-state index contributed by atoms with van der Waals surface area (Å²) >= 11 is 0. The highest BCUT2D eigenvalue weighted by Crippen LogP contribution is 2.21. The van der Waals surface area contributed by atoms with Gasteiger partial charge in [0.2, 0.25) is 11.7 Å². The average Bonchev–Trinajstić information content (AvgIpc) is 2.17. The van der Waals surface area contributed by atoms with Crippen LogP contribution in [0.5, 0.6) is 5.88 Å². The highest BCUT2D eigenvalue weighted by molar-refractivity contribution is 5.53. The van der Waals surface area contributed by atoms with Crippen molar-refractivity contribution in [1.82, 2.24) is 4.98 Å². The maximum atomic E-state index is 10.4. The van der Waals surface area contributed by atoms with E-state index in [0.717, 1.165) is 0 Å². The largest absolute Gasteiger partial charge is 0.475 e. The van der Waals surface area contributed by atoms with E-state index in [2.05, 4.69) is 4.98 Å². The summed E-state index contributed by atoms with van der Waals surface area (Å²) in [5.74, 6) is 0.0880. The number of nitrogen functional groups attached to an aromatic ring is 1. The van der Waals surface area contributed by atoms with Crippen molar-refractivity contribution >= 4 is 11.5 Å². The Morgan fingerprint density at radius 2 is 2.27 bits per heavy atom. The van der Waals surface area contributed by atoms with Gasteiger partial charge >= 0.3 is 5.69 Å². The van der Waals surface area contributed by atoms with Gasteiger partial charge in [-0.1, -0.05) is 0 Å². The van der Waals surface area contributed by atoms with Gasteiger partial charge in [-0.05, 0) is 0 Å². The molecule has 2 N–H and O–H groups in total. The second-order valence-electron chi connectivity index (χ2n) is 2.65. The average molecular weight is 213 g/mol. The predicted molar refractivity (Wildman–Crippen MR) is 52.7 cm³/mol. The molecule has 0 saturated carbocycles. The fraction of sp³-hybridized carbons (Fsp3) is 0.375. The molecule has 0 aliphatic rings. The minimum absolute atomic E-state index is 0.157. The normalized spacial score (nSPS) is 9.93. The Balaban J connectivity index is 2.69. The molecule has 0 aliphatic heterocycles. The number of nitrogens with zero attached hydrogens (tertiary/aromatic N) is 2. The SMILES string of the molecule is COCCOc1ccc([N+](=O)[O-])c(N)n1. The highest BCUT2D eigenvalue weighted by atomic mass is 16.6. The summed E-state index contributed by atoms with van der Waals surface area (Å²) in [4.78, 5) is 13.5. The number of pyridine rings is 1. The Morgan fingerprint density at radius 1 is 1.53 bits per heavy atom. The lowest BCUT2D eigenvalue weighted by Crippen LogP contribution is -2.07. The van der Waals surface area contributed by atoms with Crippen molar-refractivity contribution in [1.29, 1.82) is 0 Å². The Bertz CT molecular complexity index is 356. The summed E-state index contributed by atoms with van der Waals surface area (Å²) < 4.78 is 9.89. The predicted octanol–water partition coefficient (Wildman–Crippen LogP) is 0.597. The van der Waals surface area contributed by atoms with Gasteiger partial charge in [-0.15, -0.1) is 0 Å². The Morgan fingerprint density at radius 3 is 2.80 bits per heavy atom. The van der Waals surface area contributed by atoms with E-state index in [0.29, 0.717) is 13.2 Å². The van der Waals surface area contributed by atoms with Gasteiger partial charge in [0.05, 0.1) is 11.5 Å². The van der Waals surface area contributed by atoms with Crippen LogP contribution in [0, 0.1) is 10.1 Å². The van der Waals surface area contributed by atoms with Gasteiger partial charge < -0.3 is 15.2 Å². The van der Waals surface area contributed by atoms with Gasteiger partial charge in [-0.3, -0.25) is 10.1 Å². The smallest absolute Gasteiger partial charge is 0.311 e. The minimum Gasteiger partial charge on any atom is -0.475 e. The molecule has 7 nitrogen and oxygen atoms in total. The van der Waals surface area contributed by atoms with E-state index < -0.39 is 4.92 Å². The number of hydrogen-bond donors (Lipinski definition) is 1. The first kappa shape index (κ1) is 11.2.